The van der Waals surface area contributed by atoms with E-state index in [0.717, 1.165) is 16.0 Å². The van der Waals surface area contributed by atoms with Gasteiger partial charge < -0.3 is 10.6 Å². The zero-order valence-corrected chi connectivity index (χ0v) is 12.1. The topological polar surface area (TPSA) is 73.6 Å². The van der Waals surface area contributed by atoms with Gasteiger partial charge in [0.25, 0.3) is 0 Å². The van der Waals surface area contributed by atoms with E-state index in [2.05, 4.69) is 42.6 Å². The molecule has 6 heteroatoms. The van der Waals surface area contributed by atoms with Crippen LogP contribution in [-0.4, -0.2) is 17.0 Å². The molecule has 0 atom stereocenters. The normalized spacial score (nSPS) is 9.79. The van der Waals surface area contributed by atoms with Crippen LogP contribution in [0.1, 0.15) is 11.4 Å². The quantitative estimate of drug-likeness (QED) is 0.909. The van der Waals surface area contributed by atoms with Gasteiger partial charge in [-0.3, -0.25) is 0 Å². The monoisotopic (exact) mass is 317 g/mol. The minimum atomic E-state index is 0.604. The summed E-state index contributed by atoms with van der Waals surface area (Å²) >= 11 is 3.43. The largest absolute Gasteiger partial charge is 0.373 e. The van der Waals surface area contributed by atoms with E-state index < -0.39 is 0 Å². The summed E-state index contributed by atoms with van der Waals surface area (Å²) in [5.74, 6) is 2.13. The number of aromatic nitrogens is 2. The van der Waals surface area contributed by atoms with Crippen LogP contribution < -0.4 is 10.6 Å². The Labute approximate surface area is 119 Å². The van der Waals surface area contributed by atoms with Gasteiger partial charge >= 0.3 is 0 Å². The predicted octanol–water partition coefficient (Wildman–Crippen LogP) is 3.20. The minimum absolute atomic E-state index is 0.604. The average Bonchev–Trinajstić information content (AvgIpc) is 2.40. The number of aryl methyl sites for hydroxylation is 1. The van der Waals surface area contributed by atoms with Crippen LogP contribution in [0.3, 0.4) is 0 Å². The Hall–Kier alpha value is -2.13. The van der Waals surface area contributed by atoms with E-state index in [4.69, 9.17) is 5.26 Å². The summed E-state index contributed by atoms with van der Waals surface area (Å²) in [6.07, 6.45) is 0. The van der Waals surface area contributed by atoms with Crippen molar-refractivity contribution in [2.75, 3.05) is 17.7 Å². The third-order valence-corrected chi connectivity index (χ3v) is 3.11. The molecule has 2 rings (SSSR count). The second-order valence-electron chi connectivity index (χ2n) is 3.87. The highest BCUT2D eigenvalue weighted by Crippen LogP contribution is 2.26. The molecule has 1 heterocycles. The van der Waals surface area contributed by atoms with Crippen molar-refractivity contribution >= 4 is 33.3 Å². The molecule has 0 aliphatic carbocycles. The van der Waals surface area contributed by atoms with Crippen molar-refractivity contribution in [2.24, 2.45) is 0 Å². The molecule has 19 heavy (non-hydrogen) atoms. The van der Waals surface area contributed by atoms with Crippen LogP contribution in [0.4, 0.5) is 17.3 Å². The van der Waals surface area contributed by atoms with Crippen LogP contribution in [0.5, 0.6) is 0 Å². The van der Waals surface area contributed by atoms with Crippen molar-refractivity contribution < 1.29 is 0 Å². The number of rotatable bonds is 3. The van der Waals surface area contributed by atoms with E-state index in [0.29, 0.717) is 17.2 Å². The summed E-state index contributed by atoms with van der Waals surface area (Å²) in [5.41, 5.74) is 1.45. The second-order valence-corrected chi connectivity index (χ2v) is 4.72. The number of halogens is 1. The molecule has 2 aromatic rings. The smallest absolute Gasteiger partial charge is 0.136 e. The average molecular weight is 318 g/mol. The van der Waals surface area contributed by atoms with E-state index in [9.17, 15) is 0 Å². The maximum absolute atomic E-state index is 8.83. The first-order chi connectivity index (χ1) is 9.12. The van der Waals surface area contributed by atoms with Crippen LogP contribution in [0.15, 0.2) is 28.7 Å². The van der Waals surface area contributed by atoms with Gasteiger partial charge in [-0.15, -0.1) is 0 Å². The Morgan fingerprint density at radius 2 is 1.95 bits per heavy atom. The van der Waals surface area contributed by atoms with Crippen molar-refractivity contribution in [3.63, 3.8) is 0 Å². The third kappa shape index (κ3) is 3.20. The lowest BCUT2D eigenvalue weighted by atomic mass is 10.2. The molecule has 0 bridgehead atoms. The van der Waals surface area contributed by atoms with Crippen molar-refractivity contribution in [3.05, 3.63) is 40.1 Å². The molecule has 0 spiro atoms. The number of hydrogen-bond donors (Lipinski definition) is 2. The predicted molar refractivity (Wildman–Crippen MR) is 78.5 cm³/mol. The summed E-state index contributed by atoms with van der Waals surface area (Å²) in [7, 11) is 1.81. The van der Waals surface area contributed by atoms with E-state index in [1.807, 2.05) is 26.1 Å². The van der Waals surface area contributed by atoms with Gasteiger partial charge in [-0.1, -0.05) is 0 Å². The minimum Gasteiger partial charge on any atom is -0.373 e. The highest BCUT2D eigenvalue weighted by molar-refractivity contribution is 9.10. The Kier molecular flexibility index (Phi) is 3.97. The van der Waals surface area contributed by atoms with Gasteiger partial charge in [0.1, 0.15) is 17.5 Å². The molecule has 5 nitrogen and oxygen atoms in total. The van der Waals surface area contributed by atoms with Crippen molar-refractivity contribution in [2.45, 2.75) is 6.92 Å². The maximum Gasteiger partial charge on any atom is 0.136 e. The maximum atomic E-state index is 8.83. The van der Waals surface area contributed by atoms with Crippen molar-refractivity contribution in [3.8, 4) is 6.07 Å². The van der Waals surface area contributed by atoms with Crippen LogP contribution >= 0.6 is 15.9 Å². The van der Waals surface area contributed by atoms with Gasteiger partial charge in [-0.25, -0.2) is 9.97 Å². The van der Waals surface area contributed by atoms with E-state index in [1.54, 1.807) is 12.1 Å². The Bertz CT molecular complexity index is 648. The van der Waals surface area contributed by atoms with E-state index >= 15 is 0 Å². The summed E-state index contributed by atoms with van der Waals surface area (Å²) < 4.78 is 0.814. The summed E-state index contributed by atoms with van der Waals surface area (Å²) in [6.45, 7) is 1.83. The van der Waals surface area contributed by atoms with Gasteiger partial charge in [-0.05, 0) is 41.1 Å². The fourth-order valence-electron chi connectivity index (χ4n) is 1.58. The molecule has 2 N–H and O–H groups in total. The number of nitrogens with zero attached hydrogens (tertiary/aromatic N) is 3. The summed E-state index contributed by atoms with van der Waals surface area (Å²) in [6, 6.07) is 9.25. The zero-order chi connectivity index (χ0) is 13.8. The van der Waals surface area contributed by atoms with Gasteiger partial charge in [0.2, 0.25) is 0 Å². The first kappa shape index (κ1) is 13.3. The number of anilines is 3. The lowest BCUT2D eigenvalue weighted by Gasteiger charge is -2.10. The lowest BCUT2D eigenvalue weighted by Crippen LogP contribution is -2.01. The number of benzene rings is 1. The molecule has 0 saturated heterocycles. The number of nitrogens with one attached hydrogen (secondary N) is 2. The molecule has 0 amide bonds. The lowest BCUT2D eigenvalue weighted by molar-refractivity contribution is 1.06. The second kappa shape index (κ2) is 5.67. The van der Waals surface area contributed by atoms with Gasteiger partial charge in [-0.2, -0.15) is 5.26 Å². The van der Waals surface area contributed by atoms with Crippen LogP contribution in [0, 0.1) is 18.3 Å². The fourth-order valence-corrected chi connectivity index (χ4v) is 2.06. The molecule has 0 saturated carbocycles. The van der Waals surface area contributed by atoms with Crippen LogP contribution in [-0.2, 0) is 0 Å². The Morgan fingerprint density at radius 3 is 2.58 bits per heavy atom. The molecular formula is C13H12BrN5. The Morgan fingerprint density at radius 1 is 1.21 bits per heavy atom. The summed E-state index contributed by atoms with van der Waals surface area (Å²) in [5, 5.41) is 15.0. The zero-order valence-electron chi connectivity index (χ0n) is 10.5. The van der Waals surface area contributed by atoms with Crippen LogP contribution in [0.25, 0.3) is 0 Å². The molecule has 96 valence electrons. The molecule has 1 aromatic carbocycles. The molecule has 0 unspecified atom stereocenters. The number of nitriles is 1. The highest BCUT2D eigenvalue weighted by atomic mass is 79.9. The van der Waals surface area contributed by atoms with Crippen LogP contribution in [0.2, 0.25) is 0 Å². The SMILES string of the molecule is CNc1cc(Nc2ccc(C#N)cc2Br)nc(C)n1. The molecule has 0 radical (unpaired) electrons. The van der Waals surface area contributed by atoms with Gasteiger partial charge in [0.15, 0.2) is 0 Å². The molecule has 1 aromatic heterocycles. The molecule has 0 aliphatic heterocycles. The van der Waals surface area contributed by atoms with E-state index in [-0.39, 0.29) is 0 Å². The van der Waals surface area contributed by atoms with Gasteiger partial charge in [0.05, 0.1) is 17.3 Å². The molecular weight excluding hydrogens is 306 g/mol. The number of hydrogen-bond acceptors (Lipinski definition) is 5. The Balaban J connectivity index is 2.31. The van der Waals surface area contributed by atoms with E-state index in [1.165, 1.54) is 0 Å². The molecule has 0 fully saturated rings. The first-order valence-electron chi connectivity index (χ1n) is 5.62. The third-order valence-electron chi connectivity index (χ3n) is 2.46. The summed E-state index contributed by atoms with van der Waals surface area (Å²) in [4.78, 5) is 8.54. The standard InChI is InChI=1S/C13H12BrN5/c1-8-17-12(16-2)6-13(18-8)19-11-4-3-9(7-15)5-10(11)14/h3-6H,1-2H3,(H2,16,17,18,19). The fraction of sp³-hybridized carbons (Fsp3) is 0.154. The van der Waals surface area contributed by atoms with Crippen molar-refractivity contribution in [1.29, 1.82) is 5.26 Å². The first-order valence-corrected chi connectivity index (χ1v) is 6.42. The highest BCUT2D eigenvalue weighted by Gasteiger charge is 2.05. The van der Waals surface area contributed by atoms with Crippen molar-refractivity contribution in [1.82, 2.24) is 9.97 Å². The van der Waals surface area contributed by atoms with Gasteiger partial charge in [0, 0.05) is 17.6 Å². The molecule has 0 aliphatic rings.